The van der Waals surface area contributed by atoms with E-state index < -0.39 is 7.26 Å². The fraction of sp³-hybridized carbons (Fsp3) is 1.00. The molecule has 6 fully saturated rings. The Morgan fingerprint density at radius 1 is 0.421 bits per heavy atom. The van der Waals surface area contributed by atoms with Crippen molar-refractivity contribution in [2.45, 2.75) is 220 Å². The number of hydrogen-bond donors (Lipinski definition) is 0. The minimum absolute atomic E-state index is 0.232. The van der Waals surface area contributed by atoms with Crippen LogP contribution >= 0.6 is 15.2 Å². The summed E-state index contributed by atoms with van der Waals surface area (Å²) in [5.41, 5.74) is 8.36. The van der Waals surface area contributed by atoms with Crippen LogP contribution in [0.2, 0.25) is 0 Å². The van der Waals surface area contributed by atoms with Crippen LogP contribution in [-0.2, 0) is 0 Å². The third-order valence-corrected chi connectivity index (χ3v) is 26.0. The summed E-state index contributed by atoms with van der Waals surface area (Å²) in [6, 6.07) is 0. The fourth-order valence-electron chi connectivity index (χ4n) is 12.7. The van der Waals surface area contributed by atoms with Crippen molar-refractivity contribution < 1.29 is 0 Å². The molecule has 0 aromatic carbocycles. The first kappa shape index (κ1) is 29.0. The molecule has 0 amide bonds. The van der Waals surface area contributed by atoms with Crippen molar-refractivity contribution >= 4 is 15.2 Å². The Morgan fingerprint density at radius 2 is 0.789 bits per heavy atom. The van der Waals surface area contributed by atoms with Crippen molar-refractivity contribution in [2.24, 2.45) is 5.92 Å². The quantitative estimate of drug-likeness (QED) is 0.259. The van der Waals surface area contributed by atoms with Crippen molar-refractivity contribution in [1.82, 2.24) is 0 Å². The maximum atomic E-state index is 2.92. The summed E-state index contributed by atoms with van der Waals surface area (Å²) in [6.45, 7) is 2.92. The summed E-state index contributed by atoms with van der Waals surface area (Å²) in [6.07, 6.45) is 43.7. The standard InChI is InChI=1S/C36H66P2/c1-29(37(30-17-6-2-7-18-30)31-19-8-3-9-20-31)35-27-16-28-36(35)38(34-25-14-15-26-34,32-21-10-4-11-22-32)33-23-12-5-13-24-33/h29-36,38H,2-28H2,1H3/t29?,35-,36?/m0/s1. The second-order valence-corrected chi connectivity index (χ2v) is 24.0. The van der Waals surface area contributed by atoms with Crippen LogP contribution in [0.25, 0.3) is 0 Å². The summed E-state index contributed by atoms with van der Waals surface area (Å²) in [5.74, 6) is 1.15. The topological polar surface area (TPSA) is 0 Å². The Bertz CT molecular complexity index is 652. The van der Waals surface area contributed by atoms with E-state index in [0.717, 1.165) is 22.9 Å². The van der Waals surface area contributed by atoms with Crippen LogP contribution in [0, 0.1) is 5.92 Å². The average molecular weight is 561 g/mol. The molecule has 6 saturated carbocycles. The molecule has 6 rings (SSSR count). The molecule has 0 radical (unpaired) electrons. The first-order valence-electron chi connectivity index (χ1n) is 18.6. The van der Waals surface area contributed by atoms with Crippen LogP contribution in [0.3, 0.4) is 0 Å². The Hall–Kier alpha value is 0.860. The van der Waals surface area contributed by atoms with E-state index in [1.165, 1.54) is 22.6 Å². The first-order valence-corrected chi connectivity index (χ1v) is 22.4. The summed E-state index contributed by atoms with van der Waals surface area (Å²) in [4.78, 5) is 0. The van der Waals surface area contributed by atoms with Crippen molar-refractivity contribution in [2.75, 3.05) is 0 Å². The van der Waals surface area contributed by atoms with E-state index in [9.17, 15) is 0 Å². The molecule has 0 N–H and O–H groups in total. The van der Waals surface area contributed by atoms with E-state index in [1.54, 1.807) is 173 Å². The van der Waals surface area contributed by atoms with Gasteiger partial charge in [0.1, 0.15) is 0 Å². The summed E-state index contributed by atoms with van der Waals surface area (Å²) in [5, 5.41) is 0. The maximum absolute atomic E-state index is 2.92. The minimum atomic E-state index is -1.39. The van der Waals surface area contributed by atoms with Gasteiger partial charge in [-0.15, -0.1) is 0 Å². The molecule has 0 aromatic heterocycles. The molecule has 0 saturated heterocycles. The van der Waals surface area contributed by atoms with Crippen molar-refractivity contribution in [3.05, 3.63) is 0 Å². The van der Waals surface area contributed by atoms with Gasteiger partial charge in [-0.3, -0.25) is 0 Å². The van der Waals surface area contributed by atoms with E-state index in [2.05, 4.69) is 6.92 Å². The average Bonchev–Trinajstić information content (AvgIpc) is 3.70. The SMILES string of the molecule is CC([C@@H]1CCCC1[PH](C1CCCCC1)(C1CCCCC1)C1CCCC1)P(C1CCCCC1)C1CCCCC1. The molecule has 2 unspecified atom stereocenters. The van der Waals surface area contributed by atoms with Crippen LogP contribution in [-0.4, -0.2) is 39.6 Å². The van der Waals surface area contributed by atoms with E-state index in [-0.39, 0.29) is 7.92 Å². The molecule has 2 heteroatoms. The molecule has 3 atom stereocenters. The zero-order valence-electron chi connectivity index (χ0n) is 25.7. The van der Waals surface area contributed by atoms with Crippen molar-refractivity contribution in [1.29, 1.82) is 0 Å². The molecular weight excluding hydrogens is 494 g/mol. The van der Waals surface area contributed by atoms with Crippen LogP contribution in [0.1, 0.15) is 180 Å². The Kier molecular flexibility index (Phi) is 10.6. The first-order chi connectivity index (χ1) is 18.8. The summed E-state index contributed by atoms with van der Waals surface area (Å²) >= 11 is 0. The molecule has 6 aliphatic rings. The monoisotopic (exact) mass is 560 g/mol. The molecule has 220 valence electrons. The summed E-state index contributed by atoms with van der Waals surface area (Å²) < 4.78 is 0. The third kappa shape index (κ3) is 5.87. The molecule has 0 heterocycles. The molecule has 0 bridgehead atoms. The van der Waals surface area contributed by atoms with Gasteiger partial charge in [0.2, 0.25) is 0 Å². The predicted octanol–water partition coefficient (Wildman–Crippen LogP) is 12.0. The second-order valence-electron chi connectivity index (χ2n) is 15.6. The van der Waals surface area contributed by atoms with E-state index >= 15 is 0 Å². The van der Waals surface area contributed by atoms with Crippen molar-refractivity contribution in [3.63, 3.8) is 0 Å². The van der Waals surface area contributed by atoms with E-state index in [1.807, 2.05) is 0 Å². The second kappa shape index (κ2) is 13.9. The Balaban J connectivity index is 1.36. The van der Waals surface area contributed by atoms with Crippen LogP contribution in [0.15, 0.2) is 0 Å². The van der Waals surface area contributed by atoms with Gasteiger partial charge in [-0.1, -0.05) is 0 Å². The number of hydrogen-bond acceptors (Lipinski definition) is 0. The summed E-state index contributed by atoms with van der Waals surface area (Å²) in [7, 11) is -1.16. The zero-order chi connectivity index (χ0) is 25.8. The predicted molar refractivity (Wildman–Crippen MR) is 176 cm³/mol. The molecule has 0 nitrogen and oxygen atoms in total. The van der Waals surface area contributed by atoms with Crippen LogP contribution in [0.4, 0.5) is 0 Å². The zero-order valence-corrected chi connectivity index (χ0v) is 27.6. The normalized spacial score (nSPS) is 33.7. The molecule has 0 spiro atoms. The Morgan fingerprint density at radius 3 is 1.21 bits per heavy atom. The van der Waals surface area contributed by atoms with Gasteiger partial charge in [0, 0.05) is 0 Å². The Labute approximate surface area is 240 Å². The molecular formula is C36H66P2. The van der Waals surface area contributed by atoms with Gasteiger partial charge in [-0.05, 0) is 0 Å². The van der Waals surface area contributed by atoms with Gasteiger partial charge in [-0.2, -0.15) is 0 Å². The van der Waals surface area contributed by atoms with Gasteiger partial charge in [0.25, 0.3) is 0 Å². The third-order valence-electron chi connectivity index (χ3n) is 14.0. The van der Waals surface area contributed by atoms with Gasteiger partial charge in [-0.25, -0.2) is 0 Å². The van der Waals surface area contributed by atoms with Crippen molar-refractivity contribution in [3.8, 4) is 0 Å². The van der Waals surface area contributed by atoms with Gasteiger partial charge >= 0.3 is 241 Å². The van der Waals surface area contributed by atoms with E-state index in [4.69, 9.17) is 0 Å². The number of rotatable bonds is 8. The van der Waals surface area contributed by atoms with Gasteiger partial charge < -0.3 is 0 Å². The van der Waals surface area contributed by atoms with Crippen LogP contribution < -0.4 is 0 Å². The van der Waals surface area contributed by atoms with Gasteiger partial charge in [0.15, 0.2) is 0 Å². The molecule has 0 aliphatic heterocycles. The van der Waals surface area contributed by atoms with Crippen LogP contribution in [0.5, 0.6) is 0 Å². The molecule has 6 aliphatic carbocycles. The molecule has 38 heavy (non-hydrogen) atoms. The molecule has 0 aromatic rings. The van der Waals surface area contributed by atoms with Gasteiger partial charge in [0.05, 0.1) is 0 Å². The van der Waals surface area contributed by atoms with E-state index in [0.29, 0.717) is 0 Å². The fourth-order valence-corrected chi connectivity index (χ4v) is 27.4.